The molecule has 2 aliphatic rings. The van der Waals surface area contributed by atoms with Crippen molar-refractivity contribution in [2.75, 3.05) is 26.4 Å². The second kappa shape index (κ2) is 4.60. The van der Waals surface area contributed by atoms with Crippen molar-refractivity contribution in [2.45, 2.75) is 44.9 Å². The molecule has 3 nitrogen and oxygen atoms in total. The first-order valence-electron chi connectivity index (χ1n) is 5.72. The van der Waals surface area contributed by atoms with Gasteiger partial charge in [-0.1, -0.05) is 0 Å². The molecular formula is C11H21NO2. The fourth-order valence-corrected chi connectivity index (χ4v) is 2.24. The Kier molecular flexibility index (Phi) is 3.42. The zero-order valence-corrected chi connectivity index (χ0v) is 9.24. The zero-order valence-electron chi connectivity index (χ0n) is 9.24. The Hall–Kier alpha value is -0.120. The molecule has 82 valence electrons. The molecular weight excluding hydrogens is 178 g/mol. The van der Waals surface area contributed by atoms with Gasteiger partial charge in [-0.2, -0.15) is 0 Å². The average molecular weight is 199 g/mol. The minimum absolute atomic E-state index is 0.357. The van der Waals surface area contributed by atoms with Crippen LogP contribution in [0.2, 0.25) is 0 Å². The van der Waals surface area contributed by atoms with Gasteiger partial charge >= 0.3 is 0 Å². The maximum atomic E-state index is 5.69. The summed E-state index contributed by atoms with van der Waals surface area (Å²) in [4.78, 5) is 2.58. The Morgan fingerprint density at radius 3 is 2.79 bits per heavy atom. The molecule has 0 aromatic carbocycles. The van der Waals surface area contributed by atoms with Crippen LogP contribution in [-0.4, -0.2) is 49.5 Å². The van der Waals surface area contributed by atoms with E-state index in [-0.39, 0.29) is 0 Å². The van der Waals surface area contributed by atoms with E-state index in [4.69, 9.17) is 9.47 Å². The van der Waals surface area contributed by atoms with E-state index >= 15 is 0 Å². The van der Waals surface area contributed by atoms with Gasteiger partial charge in [0.05, 0.1) is 32.0 Å². The molecule has 3 heteroatoms. The van der Waals surface area contributed by atoms with Crippen molar-refractivity contribution in [3.05, 3.63) is 0 Å². The molecule has 2 saturated heterocycles. The molecule has 0 aromatic heterocycles. The van der Waals surface area contributed by atoms with Gasteiger partial charge in [-0.15, -0.1) is 0 Å². The molecule has 0 bridgehead atoms. The zero-order chi connectivity index (χ0) is 9.97. The van der Waals surface area contributed by atoms with Crippen molar-refractivity contribution in [3.63, 3.8) is 0 Å². The van der Waals surface area contributed by atoms with Crippen LogP contribution < -0.4 is 0 Å². The Labute approximate surface area is 86.4 Å². The first kappa shape index (κ1) is 10.4. The Morgan fingerprint density at radius 2 is 2.21 bits per heavy atom. The average Bonchev–Trinajstić information content (AvgIpc) is 2.46. The van der Waals surface area contributed by atoms with Crippen LogP contribution in [0.1, 0.15) is 26.7 Å². The van der Waals surface area contributed by atoms with Gasteiger partial charge in [0.25, 0.3) is 0 Å². The number of nitrogens with zero attached hydrogens (tertiary/aromatic N) is 1. The van der Waals surface area contributed by atoms with Crippen molar-refractivity contribution in [2.24, 2.45) is 0 Å². The minimum Gasteiger partial charge on any atom is -0.378 e. The van der Waals surface area contributed by atoms with Gasteiger partial charge < -0.3 is 9.47 Å². The third kappa shape index (κ3) is 2.27. The molecule has 2 fully saturated rings. The molecule has 2 aliphatic heterocycles. The normalized spacial score (nSPS) is 29.8. The third-order valence-electron chi connectivity index (χ3n) is 3.13. The first-order valence-corrected chi connectivity index (χ1v) is 5.72. The molecule has 0 saturated carbocycles. The number of ether oxygens (including phenoxy) is 2. The third-order valence-corrected chi connectivity index (χ3v) is 3.13. The summed E-state index contributed by atoms with van der Waals surface area (Å²) in [5.74, 6) is 0. The molecule has 0 amide bonds. The van der Waals surface area contributed by atoms with Crippen LogP contribution in [0.3, 0.4) is 0 Å². The summed E-state index contributed by atoms with van der Waals surface area (Å²) in [5.41, 5.74) is 0. The molecule has 1 atom stereocenters. The monoisotopic (exact) mass is 199 g/mol. The Balaban J connectivity index is 1.77. The maximum absolute atomic E-state index is 5.69. The van der Waals surface area contributed by atoms with Gasteiger partial charge in [0, 0.05) is 6.04 Å². The van der Waals surface area contributed by atoms with Crippen molar-refractivity contribution < 1.29 is 9.47 Å². The van der Waals surface area contributed by atoms with Gasteiger partial charge in [0.2, 0.25) is 0 Å². The van der Waals surface area contributed by atoms with E-state index in [0.29, 0.717) is 18.2 Å². The molecule has 0 radical (unpaired) electrons. The predicted molar refractivity (Wildman–Crippen MR) is 55.4 cm³/mol. The fourth-order valence-electron chi connectivity index (χ4n) is 2.24. The summed E-state index contributed by atoms with van der Waals surface area (Å²) in [6.07, 6.45) is 2.97. The Bertz CT molecular complexity index is 180. The summed E-state index contributed by atoms with van der Waals surface area (Å²) in [5, 5.41) is 0. The number of rotatable bonds is 4. The predicted octanol–water partition coefficient (Wildman–Crippen LogP) is 1.27. The van der Waals surface area contributed by atoms with Crippen molar-refractivity contribution >= 4 is 0 Å². The van der Waals surface area contributed by atoms with E-state index in [9.17, 15) is 0 Å². The molecule has 1 unspecified atom stereocenters. The topological polar surface area (TPSA) is 21.7 Å². The van der Waals surface area contributed by atoms with Gasteiger partial charge in [-0.3, -0.25) is 4.90 Å². The largest absolute Gasteiger partial charge is 0.378 e. The lowest BCUT2D eigenvalue weighted by molar-refractivity contribution is -0.0815. The van der Waals surface area contributed by atoms with Crippen molar-refractivity contribution in [1.82, 2.24) is 4.90 Å². The molecule has 2 rings (SSSR count). The summed E-state index contributed by atoms with van der Waals surface area (Å²) in [7, 11) is 0. The van der Waals surface area contributed by atoms with Crippen LogP contribution in [0, 0.1) is 0 Å². The van der Waals surface area contributed by atoms with E-state index in [1.807, 2.05) is 0 Å². The number of likely N-dealkylation sites (tertiary alicyclic amines) is 1. The minimum atomic E-state index is 0.357. The fraction of sp³-hybridized carbons (Fsp3) is 1.00. The van der Waals surface area contributed by atoms with Crippen LogP contribution in [0.5, 0.6) is 0 Å². The molecule has 0 aromatic rings. The van der Waals surface area contributed by atoms with Crippen LogP contribution in [0.25, 0.3) is 0 Å². The molecule has 2 heterocycles. The molecule has 0 spiro atoms. The van der Waals surface area contributed by atoms with Gasteiger partial charge in [-0.25, -0.2) is 0 Å². The van der Waals surface area contributed by atoms with Gasteiger partial charge in [0.1, 0.15) is 0 Å². The lowest BCUT2D eigenvalue weighted by atomic mass is 10.1. The smallest absolute Gasteiger partial charge is 0.0645 e. The van der Waals surface area contributed by atoms with E-state index in [1.165, 1.54) is 19.4 Å². The number of hydrogen-bond donors (Lipinski definition) is 0. The highest BCUT2D eigenvalue weighted by molar-refractivity contribution is 4.87. The highest BCUT2D eigenvalue weighted by Gasteiger charge is 2.34. The lowest BCUT2D eigenvalue weighted by Gasteiger charge is -2.38. The summed E-state index contributed by atoms with van der Waals surface area (Å²) in [6.45, 7) is 8.20. The molecule has 14 heavy (non-hydrogen) atoms. The maximum Gasteiger partial charge on any atom is 0.0645 e. The molecule has 0 aliphatic carbocycles. The summed E-state index contributed by atoms with van der Waals surface area (Å²) >= 11 is 0. The van der Waals surface area contributed by atoms with Crippen LogP contribution in [0.15, 0.2) is 0 Å². The highest BCUT2D eigenvalue weighted by Crippen LogP contribution is 2.24. The van der Waals surface area contributed by atoms with Crippen LogP contribution >= 0.6 is 0 Å². The lowest BCUT2D eigenvalue weighted by Crippen LogP contribution is -2.52. The molecule has 0 N–H and O–H groups in total. The Morgan fingerprint density at radius 1 is 1.43 bits per heavy atom. The van der Waals surface area contributed by atoms with Gasteiger partial charge in [-0.05, 0) is 33.2 Å². The van der Waals surface area contributed by atoms with E-state index in [2.05, 4.69) is 18.7 Å². The first-order chi connectivity index (χ1) is 6.77. The van der Waals surface area contributed by atoms with Crippen molar-refractivity contribution in [3.8, 4) is 0 Å². The van der Waals surface area contributed by atoms with Crippen LogP contribution in [0.4, 0.5) is 0 Å². The van der Waals surface area contributed by atoms with Crippen molar-refractivity contribution in [1.29, 1.82) is 0 Å². The SMILES string of the molecule is CC(C)OCC1CCCN1C1COC1. The van der Waals surface area contributed by atoms with Gasteiger partial charge in [0.15, 0.2) is 0 Å². The second-order valence-electron chi connectivity index (χ2n) is 4.61. The van der Waals surface area contributed by atoms with E-state index in [0.717, 1.165) is 19.8 Å². The summed E-state index contributed by atoms with van der Waals surface area (Å²) < 4.78 is 10.9. The number of hydrogen-bond acceptors (Lipinski definition) is 3. The van der Waals surface area contributed by atoms with E-state index < -0.39 is 0 Å². The van der Waals surface area contributed by atoms with Crippen LogP contribution in [-0.2, 0) is 9.47 Å². The highest BCUT2D eigenvalue weighted by atomic mass is 16.5. The second-order valence-corrected chi connectivity index (χ2v) is 4.61. The van der Waals surface area contributed by atoms with E-state index in [1.54, 1.807) is 0 Å². The quantitative estimate of drug-likeness (QED) is 0.680. The summed E-state index contributed by atoms with van der Waals surface area (Å²) in [6, 6.07) is 1.32. The standard InChI is InChI=1S/C11H21NO2/c1-9(2)14-8-10-4-3-5-12(10)11-6-13-7-11/h9-11H,3-8H2,1-2H3.